The van der Waals surface area contributed by atoms with Crippen LogP contribution in [0.4, 0.5) is 0 Å². The second-order valence-electron chi connectivity index (χ2n) is 5.73. The second-order valence-corrected chi connectivity index (χ2v) is 5.73. The topological polar surface area (TPSA) is 25.2 Å². The molecule has 2 nitrogen and oxygen atoms in total. The molecule has 0 radical (unpaired) electrons. The summed E-state index contributed by atoms with van der Waals surface area (Å²) in [6, 6.07) is 8.26. The van der Waals surface area contributed by atoms with Gasteiger partial charge in [0.1, 0.15) is 5.58 Å². The standard InChI is InChI=1S/C17H23NO/c1-2-6-14(7-3-1)10-11-18-12-15-13-19-17-9-5-4-8-16(15)17/h4-5,8-9,13-14,18H,1-3,6-7,10-12H2. The molecule has 0 saturated heterocycles. The zero-order valence-corrected chi connectivity index (χ0v) is 11.5. The maximum absolute atomic E-state index is 5.56. The molecule has 1 heterocycles. The van der Waals surface area contributed by atoms with E-state index in [1.54, 1.807) is 0 Å². The van der Waals surface area contributed by atoms with E-state index in [1.165, 1.54) is 49.5 Å². The highest BCUT2D eigenvalue weighted by Gasteiger charge is 2.12. The van der Waals surface area contributed by atoms with Crippen molar-refractivity contribution < 1.29 is 4.42 Å². The number of fused-ring (bicyclic) bond motifs is 1. The van der Waals surface area contributed by atoms with Crippen molar-refractivity contribution in [3.63, 3.8) is 0 Å². The fraction of sp³-hybridized carbons (Fsp3) is 0.529. The molecule has 102 valence electrons. The van der Waals surface area contributed by atoms with Crippen LogP contribution in [0.1, 0.15) is 44.1 Å². The van der Waals surface area contributed by atoms with Gasteiger partial charge in [-0.25, -0.2) is 0 Å². The van der Waals surface area contributed by atoms with Gasteiger partial charge in [-0.3, -0.25) is 0 Å². The van der Waals surface area contributed by atoms with E-state index in [4.69, 9.17) is 4.42 Å². The molecule has 0 bridgehead atoms. The highest BCUT2D eigenvalue weighted by atomic mass is 16.3. The molecule has 1 N–H and O–H groups in total. The van der Waals surface area contributed by atoms with Crippen molar-refractivity contribution in [1.29, 1.82) is 0 Å². The molecule has 0 unspecified atom stereocenters. The van der Waals surface area contributed by atoms with Gasteiger partial charge in [-0.2, -0.15) is 0 Å². The van der Waals surface area contributed by atoms with Crippen LogP contribution in [0.5, 0.6) is 0 Å². The number of furan rings is 1. The number of benzene rings is 1. The average Bonchev–Trinajstić information content (AvgIpc) is 2.88. The Bertz CT molecular complexity index is 511. The van der Waals surface area contributed by atoms with Crippen molar-refractivity contribution in [2.75, 3.05) is 6.54 Å². The molecule has 3 rings (SSSR count). The lowest BCUT2D eigenvalue weighted by Crippen LogP contribution is -2.18. The molecule has 0 amide bonds. The zero-order chi connectivity index (χ0) is 12.9. The van der Waals surface area contributed by atoms with Gasteiger partial charge in [0.2, 0.25) is 0 Å². The summed E-state index contributed by atoms with van der Waals surface area (Å²) in [4.78, 5) is 0. The summed E-state index contributed by atoms with van der Waals surface area (Å²) >= 11 is 0. The smallest absolute Gasteiger partial charge is 0.134 e. The largest absolute Gasteiger partial charge is 0.464 e. The van der Waals surface area contributed by atoms with Crippen molar-refractivity contribution in [3.8, 4) is 0 Å². The molecule has 1 aliphatic carbocycles. The van der Waals surface area contributed by atoms with Crippen molar-refractivity contribution in [2.45, 2.75) is 45.1 Å². The first kappa shape index (κ1) is 12.7. The van der Waals surface area contributed by atoms with Crippen LogP contribution in [0.3, 0.4) is 0 Å². The van der Waals surface area contributed by atoms with E-state index in [0.717, 1.165) is 24.6 Å². The average molecular weight is 257 g/mol. The molecular weight excluding hydrogens is 234 g/mol. The van der Waals surface area contributed by atoms with Gasteiger partial charge in [0.15, 0.2) is 0 Å². The van der Waals surface area contributed by atoms with Crippen LogP contribution < -0.4 is 5.32 Å². The van der Waals surface area contributed by atoms with Crippen molar-refractivity contribution in [2.24, 2.45) is 5.92 Å². The zero-order valence-electron chi connectivity index (χ0n) is 11.5. The third kappa shape index (κ3) is 3.19. The Morgan fingerprint density at radius 1 is 1.11 bits per heavy atom. The second kappa shape index (κ2) is 6.25. The van der Waals surface area contributed by atoms with Gasteiger partial charge in [-0.05, 0) is 24.9 Å². The summed E-state index contributed by atoms with van der Waals surface area (Å²) in [5, 5.41) is 4.81. The Morgan fingerprint density at radius 2 is 1.95 bits per heavy atom. The Labute approximate surface area is 115 Å². The van der Waals surface area contributed by atoms with Gasteiger partial charge in [0, 0.05) is 17.5 Å². The first-order chi connectivity index (χ1) is 9.43. The summed E-state index contributed by atoms with van der Waals surface area (Å²) in [5.74, 6) is 0.961. The third-order valence-corrected chi connectivity index (χ3v) is 4.33. The number of nitrogens with one attached hydrogen (secondary N) is 1. The highest BCUT2D eigenvalue weighted by molar-refractivity contribution is 5.80. The summed E-state index contributed by atoms with van der Waals surface area (Å²) in [6.45, 7) is 2.05. The van der Waals surface area contributed by atoms with E-state index in [1.807, 2.05) is 18.4 Å². The molecule has 0 aliphatic heterocycles. The lowest BCUT2D eigenvalue weighted by molar-refractivity contribution is 0.334. The molecule has 1 aromatic carbocycles. The molecule has 2 aromatic rings. The van der Waals surface area contributed by atoms with Gasteiger partial charge in [0.25, 0.3) is 0 Å². The van der Waals surface area contributed by atoms with Crippen LogP contribution in [0, 0.1) is 5.92 Å². The first-order valence-electron chi connectivity index (χ1n) is 7.59. The Hall–Kier alpha value is -1.28. The third-order valence-electron chi connectivity index (χ3n) is 4.33. The molecule has 1 aromatic heterocycles. The van der Waals surface area contributed by atoms with Crippen molar-refractivity contribution in [1.82, 2.24) is 5.32 Å². The monoisotopic (exact) mass is 257 g/mol. The van der Waals surface area contributed by atoms with Crippen LogP contribution in [-0.4, -0.2) is 6.54 Å². The normalized spacial score (nSPS) is 17.1. The molecule has 1 saturated carbocycles. The van der Waals surface area contributed by atoms with E-state index in [9.17, 15) is 0 Å². The van der Waals surface area contributed by atoms with Crippen LogP contribution in [-0.2, 0) is 6.54 Å². The minimum Gasteiger partial charge on any atom is -0.464 e. The van der Waals surface area contributed by atoms with Crippen LogP contribution >= 0.6 is 0 Å². The maximum Gasteiger partial charge on any atom is 0.134 e. The predicted octanol–water partition coefficient (Wildman–Crippen LogP) is 4.49. The molecule has 2 heteroatoms. The number of hydrogen-bond acceptors (Lipinski definition) is 2. The number of hydrogen-bond donors (Lipinski definition) is 1. The van der Waals surface area contributed by atoms with Crippen LogP contribution in [0.15, 0.2) is 34.9 Å². The van der Waals surface area contributed by atoms with Crippen LogP contribution in [0.2, 0.25) is 0 Å². The number of para-hydroxylation sites is 1. The lowest BCUT2D eigenvalue weighted by Gasteiger charge is -2.21. The molecule has 1 fully saturated rings. The van der Waals surface area contributed by atoms with Gasteiger partial charge in [-0.15, -0.1) is 0 Å². The molecule has 1 aliphatic rings. The van der Waals surface area contributed by atoms with E-state index >= 15 is 0 Å². The highest BCUT2D eigenvalue weighted by Crippen LogP contribution is 2.26. The van der Waals surface area contributed by atoms with Gasteiger partial charge < -0.3 is 9.73 Å². The molecule has 19 heavy (non-hydrogen) atoms. The Balaban J connectivity index is 1.47. The summed E-state index contributed by atoms with van der Waals surface area (Å²) in [5.41, 5.74) is 2.27. The van der Waals surface area contributed by atoms with E-state index in [0.29, 0.717) is 0 Å². The SMILES string of the molecule is c1ccc2c(CNCCC3CCCCC3)coc2c1. The minimum atomic E-state index is 0.920. The fourth-order valence-electron chi connectivity index (χ4n) is 3.17. The molecular formula is C17H23NO. The summed E-state index contributed by atoms with van der Waals surface area (Å²) < 4.78 is 5.56. The van der Waals surface area contributed by atoms with E-state index in [2.05, 4.69) is 17.4 Å². The Kier molecular flexibility index (Phi) is 4.19. The molecule has 0 atom stereocenters. The summed E-state index contributed by atoms with van der Waals surface area (Å²) in [6.07, 6.45) is 10.4. The summed E-state index contributed by atoms with van der Waals surface area (Å²) in [7, 11) is 0. The predicted molar refractivity (Wildman–Crippen MR) is 79.1 cm³/mol. The van der Waals surface area contributed by atoms with Gasteiger partial charge in [0.05, 0.1) is 6.26 Å². The van der Waals surface area contributed by atoms with E-state index < -0.39 is 0 Å². The lowest BCUT2D eigenvalue weighted by atomic mass is 9.87. The van der Waals surface area contributed by atoms with Crippen molar-refractivity contribution >= 4 is 11.0 Å². The van der Waals surface area contributed by atoms with Crippen LogP contribution in [0.25, 0.3) is 11.0 Å². The van der Waals surface area contributed by atoms with Gasteiger partial charge in [-0.1, -0.05) is 50.3 Å². The first-order valence-corrected chi connectivity index (χ1v) is 7.59. The minimum absolute atomic E-state index is 0.920. The number of rotatable bonds is 5. The van der Waals surface area contributed by atoms with Gasteiger partial charge >= 0.3 is 0 Å². The van der Waals surface area contributed by atoms with Crippen molar-refractivity contribution in [3.05, 3.63) is 36.1 Å². The van der Waals surface area contributed by atoms with E-state index in [-0.39, 0.29) is 0 Å². The Morgan fingerprint density at radius 3 is 2.84 bits per heavy atom. The quantitative estimate of drug-likeness (QED) is 0.798. The fourth-order valence-corrected chi connectivity index (χ4v) is 3.17. The molecule has 0 spiro atoms. The maximum atomic E-state index is 5.56.